The standard InChI is InChI=1S/C38H75O8P/c1-3-5-7-9-11-13-15-17-18-19-20-21-23-25-27-29-31-33-38(40)46-36(35-45-47(41,42)43)34-44-37(39)32-30-28-26-24-22-16-14-12-10-8-6-4-2/h36H,3-35H2,1-2H3,(H2,41,42,43). The lowest BCUT2D eigenvalue weighted by Crippen LogP contribution is -2.29. The number of carbonyl (C=O) groups is 2. The molecule has 0 saturated heterocycles. The van der Waals surface area contributed by atoms with Crippen molar-refractivity contribution in [3.8, 4) is 0 Å². The van der Waals surface area contributed by atoms with Gasteiger partial charge in [0.05, 0.1) is 6.61 Å². The van der Waals surface area contributed by atoms with E-state index >= 15 is 0 Å². The first-order chi connectivity index (χ1) is 22.8. The molecule has 0 saturated carbocycles. The van der Waals surface area contributed by atoms with Crippen molar-refractivity contribution in [2.75, 3.05) is 13.2 Å². The van der Waals surface area contributed by atoms with Crippen LogP contribution in [0.1, 0.15) is 213 Å². The number of esters is 2. The Hall–Kier alpha value is -0.950. The van der Waals surface area contributed by atoms with Crippen molar-refractivity contribution in [3.05, 3.63) is 0 Å². The van der Waals surface area contributed by atoms with Crippen LogP contribution in [0, 0.1) is 0 Å². The smallest absolute Gasteiger partial charge is 0.462 e. The SMILES string of the molecule is CCCCCCCCCCCCCCCCCCCC(=O)OC(COC(=O)CCCCCCCCCCCCCC)COP(=O)(O)O. The molecule has 9 heteroatoms. The Balaban J connectivity index is 3.88. The van der Waals surface area contributed by atoms with Crippen LogP contribution in [0.25, 0.3) is 0 Å². The maximum Gasteiger partial charge on any atom is 0.469 e. The van der Waals surface area contributed by atoms with Gasteiger partial charge in [0.15, 0.2) is 6.10 Å². The average molecular weight is 691 g/mol. The van der Waals surface area contributed by atoms with Gasteiger partial charge in [0, 0.05) is 12.8 Å². The predicted octanol–water partition coefficient (Wildman–Crippen LogP) is 11.7. The Morgan fingerprint density at radius 3 is 1.09 bits per heavy atom. The summed E-state index contributed by atoms with van der Waals surface area (Å²) in [6.07, 6.45) is 35.4. The molecule has 0 aromatic rings. The summed E-state index contributed by atoms with van der Waals surface area (Å²) < 4.78 is 26.3. The largest absolute Gasteiger partial charge is 0.469 e. The summed E-state index contributed by atoms with van der Waals surface area (Å²) >= 11 is 0. The summed E-state index contributed by atoms with van der Waals surface area (Å²) in [5, 5.41) is 0. The fourth-order valence-corrected chi connectivity index (χ4v) is 6.26. The zero-order chi connectivity index (χ0) is 34.7. The number of ether oxygens (including phenoxy) is 2. The Kier molecular flexibility index (Phi) is 34.2. The highest BCUT2D eigenvalue weighted by molar-refractivity contribution is 7.46. The molecule has 2 N–H and O–H groups in total. The van der Waals surface area contributed by atoms with Crippen LogP contribution in [0.3, 0.4) is 0 Å². The maximum absolute atomic E-state index is 12.4. The van der Waals surface area contributed by atoms with Gasteiger partial charge in [-0.2, -0.15) is 0 Å². The van der Waals surface area contributed by atoms with E-state index in [0.717, 1.165) is 32.1 Å². The minimum atomic E-state index is -4.74. The van der Waals surface area contributed by atoms with E-state index in [1.165, 1.54) is 148 Å². The van der Waals surface area contributed by atoms with Crippen molar-refractivity contribution >= 4 is 19.8 Å². The second-order valence-corrected chi connectivity index (χ2v) is 14.9. The summed E-state index contributed by atoms with van der Waals surface area (Å²) in [6, 6.07) is 0. The summed E-state index contributed by atoms with van der Waals surface area (Å²) in [7, 11) is -4.74. The molecule has 0 spiro atoms. The maximum atomic E-state index is 12.4. The second kappa shape index (κ2) is 34.9. The molecule has 0 aliphatic carbocycles. The van der Waals surface area contributed by atoms with E-state index < -0.39 is 32.5 Å². The molecular formula is C38H75O8P. The Morgan fingerprint density at radius 1 is 0.468 bits per heavy atom. The molecule has 280 valence electrons. The fourth-order valence-electron chi connectivity index (χ4n) is 5.90. The number of phosphoric acid groups is 1. The van der Waals surface area contributed by atoms with Gasteiger partial charge in [-0.05, 0) is 12.8 Å². The van der Waals surface area contributed by atoms with Gasteiger partial charge in [0.25, 0.3) is 0 Å². The third kappa shape index (κ3) is 37.7. The van der Waals surface area contributed by atoms with Crippen molar-refractivity contribution in [1.82, 2.24) is 0 Å². The number of hydrogen-bond acceptors (Lipinski definition) is 6. The lowest BCUT2D eigenvalue weighted by molar-refractivity contribution is -0.161. The van der Waals surface area contributed by atoms with Crippen molar-refractivity contribution in [2.24, 2.45) is 0 Å². The Morgan fingerprint density at radius 2 is 0.766 bits per heavy atom. The molecule has 0 rings (SSSR count). The molecule has 0 aliphatic rings. The van der Waals surface area contributed by atoms with Gasteiger partial charge >= 0.3 is 19.8 Å². The Bertz CT molecular complexity index is 741. The van der Waals surface area contributed by atoms with Crippen LogP contribution in [-0.4, -0.2) is 41.0 Å². The first-order valence-corrected chi connectivity index (χ1v) is 21.4. The topological polar surface area (TPSA) is 119 Å². The third-order valence-corrected chi connectivity index (χ3v) is 9.36. The van der Waals surface area contributed by atoms with Crippen molar-refractivity contribution in [1.29, 1.82) is 0 Å². The van der Waals surface area contributed by atoms with E-state index in [2.05, 4.69) is 18.4 Å². The highest BCUT2D eigenvalue weighted by Gasteiger charge is 2.22. The van der Waals surface area contributed by atoms with Crippen molar-refractivity contribution < 1.29 is 37.9 Å². The molecule has 0 heterocycles. The summed E-state index contributed by atoms with van der Waals surface area (Å²) in [5.74, 6) is -0.871. The van der Waals surface area contributed by atoms with E-state index in [0.29, 0.717) is 6.42 Å². The molecule has 0 bridgehead atoms. The van der Waals surface area contributed by atoms with Crippen molar-refractivity contribution in [3.63, 3.8) is 0 Å². The van der Waals surface area contributed by atoms with Crippen LogP contribution < -0.4 is 0 Å². The molecule has 0 amide bonds. The van der Waals surface area contributed by atoms with Crippen LogP contribution in [0.2, 0.25) is 0 Å². The Labute approximate surface area is 289 Å². The molecule has 0 radical (unpaired) electrons. The number of hydrogen-bond donors (Lipinski definition) is 2. The number of carbonyl (C=O) groups excluding carboxylic acids is 2. The molecule has 0 aromatic carbocycles. The second-order valence-electron chi connectivity index (χ2n) is 13.6. The van der Waals surface area contributed by atoms with Gasteiger partial charge in [0.2, 0.25) is 0 Å². The fraction of sp³-hybridized carbons (Fsp3) is 0.947. The van der Waals surface area contributed by atoms with Crippen LogP contribution in [0.15, 0.2) is 0 Å². The minimum absolute atomic E-state index is 0.220. The van der Waals surface area contributed by atoms with Crippen LogP contribution in [-0.2, 0) is 28.2 Å². The highest BCUT2D eigenvalue weighted by Crippen LogP contribution is 2.36. The van der Waals surface area contributed by atoms with Gasteiger partial charge < -0.3 is 19.3 Å². The summed E-state index contributed by atoms with van der Waals surface area (Å²) in [5.41, 5.74) is 0. The number of rotatable bonds is 37. The van der Waals surface area contributed by atoms with E-state index in [9.17, 15) is 14.2 Å². The molecule has 0 aromatic heterocycles. The van der Waals surface area contributed by atoms with Gasteiger partial charge in [-0.3, -0.25) is 14.1 Å². The molecule has 47 heavy (non-hydrogen) atoms. The first-order valence-electron chi connectivity index (χ1n) is 19.8. The molecule has 1 atom stereocenters. The molecule has 0 aliphatic heterocycles. The zero-order valence-corrected chi connectivity index (χ0v) is 31.6. The predicted molar refractivity (Wildman–Crippen MR) is 193 cm³/mol. The van der Waals surface area contributed by atoms with E-state index in [1.54, 1.807) is 0 Å². The van der Waals surface area contributed by atoms with Gasteiger partial charge in [-0.1, -0.05) is 187 Å². The third-order valence-electron chi connectivity index (χ3n) is 8.88. The number of unbranched alkanes of at least 4 members (excludes halogenated alkanes) is 27. The van der Waals surface area contributed by atoms with Crippen LogP contribution in [0.5, 0.6) is 0 Å². The van der Waals surface area contributed by atoms with E-state index in [-0.39, 0.29) is 19.4 Å². The van der Waals surface area contributed by atoms with Gasteiger partial charge in [-0.25, -0.2) is 4.57 Å². The molecular weight excluding hydrogens is 615 g/mol. The van der Waals surface area contributed by atoms with Crippen LogP contribution in [0.4, 0.5) is 0 Å². The quantitative estimate of drug-likeness (QED) is 0.0375. The highest BCUT2D eigenvalue weighted by atomic mass is 31.2. The first kappa shape index (κ1) is 46.0. The molecule has 0 fully saturated rings. The van der Waals surface area contributed by atoms with Crippen LogP contribution >= 0.6 is 7.82 Å². The van der Waals surface area contributed by atoms with E-state index in [4.69, 9.17) is 19.3 Å². The molecule has 8 nitrogen and oxygen atoms in total. The van der Waals surface area contributed by atoms with Gasteiger partial charge in [-0.15, -0.1) is 0 Å². The average Bonchev–Trinajstić information content (AvgIpc) is 3.04. The zero-order valence-electron chi connectivity index (χ0n) is 30.7. The normalized spacial score (nSPS) is 12.3. The van der Waals surface area contributed by atoms with Crippen molar-refractivity contribution in [2.45, 2.75) is 219 Å². The minimum Gasteiger partial charge on any atom is -0.462 e. The molecule has 1 unspecified atom stereocenters. The summed E-state index contributed by atoms with van der Waals surface area (Å²) in [4.78, 5) is 42.7. The monoisotopic (exact) mass is 691 g/mol. The van der Waals surface area contributed by atoms with Gasteiger partial charge in [0.1, 0.15) is 6.61 Å². The summed E-state index contributed by atoms with van der Waals surface area (Å²) in [6.45, 7) is 3.70. The van der Waals surface area contributed by atoms with E-state index in [1.807, 2.05) is 0 Å². The number of phosphoric ester groups is 1. The lowest BCUT2D eigenvalue weighted by atomic mass is 10.0. The lowest BCUT2D eigenvalue weighted by Gasteiger charge is -2.18.